The maximum Gasteiger partial charge on any atom is 0.221 e. The Bertz CT molecular complexity index is 1020. The summed E-state index contributed by atoms with van der Waals surface area (Å²) in [7, 11) is 0. The Morgan fingerprint density at radius 1 is 1.03 bits per heavy atom. The zero-order valence-electron chi connectivity index (χ0n) is 22.6. The minimum Gasteiger partial charge on any atom is -0.508 e. The molecule has 37 heavy (non-hydrogen) atoms. The number of phenols is 1. The lowest BCUT2D eigenvalue weighted by atomic mass is 9.57. The molecule has 2 N–H and O–H groups in total. The molecule has 5 nitrogen and oxygen atoms in total. The molecule has 0 spiro atoms. The summed E-state index contributed by atoms with van der Waals surface area (Å²) in [5.41, 5.74) is 2.63. The normalized spacial score (nSPS) is 28.6. The van der Waals surface area contributed by atoms with Gasteiger partial charge in [0.15, 0.2) is 0 Å². The van der Waals surface area contributed by atoms with Crippen LogP contribution in [-0.4, -0.2) is 65.6 Å². The number of aromatic hydroxyl groups is 1. The molecule has 0 unspecified atom stereocenters. The van der Waals surface area contributed by atoms with Crippen molar-refractivity contribution < 1.29 is 9.90 Å². The summed E-state index contributed by atoms with van der Waals surface area (Å²) in [5.74, 6) is 0.994. The molecule has 3 aliphatic rings. The number of amides is 1. The molecule has 2 aromatic rings. The lowest BCUT2D eigenvalue weighted by Crippen LogP contribution is -2.61. The SMILES string of the molecule is C[C@@H]1CN(CCCc2ccccc2)[C@H]2C[C@@H](NC(=O)CCN3CCCCC3)C[C@]1(c1cccc(O)c1)C2. The monoisotopic (exact) mass is 503 g/mol. The summed E-state index contributed by atoms with van der Waals surface area (Å²) in [6.45, 7) is 7.69. The van der Waals surface area contributed by atoms with Gasteiger partial charge in [-0.15, -0.1) is 0 Å². The van der Waals surface area contributed by atoms with Gasteiger partial charge in [-0.1, -0.05) is 55.8 Å². The highest BCUT2D eigenvalue weighted by Gasteiger charge is 2.51. The zero-order valence-corrected chi connectivity index (χ0v) is 22.6. The first-order valence-electron chi connectivity index (χ1n) is 14.6. The maximum absolute atomic E-state index is 13.1. The Hall–Kier alpha value is -2.37. The molecule has 1 saturated carbocycles. The molecule has 200 valence electrons. The molecule has 4 atom stereocenters. The van der Waals surface area contributed by atoms with Crippen molar-refractivity contribution in [2.24, 2.45) is 5.92 Å². The molecule has 5 heteroatoms. The number of nitrogens with one attached hydrogen (secondary N) is 1. The Labute approximate surface area is 223 Å². The predicted octanol–water partition coefficient (Wildman–Crippen LogP) is 5.13. The van der Waals surface area contributed by atoms with Crippen molar-refractivity contribution in [2.75, 3.05) is 32.7 Å². The fourth-order valence-electron chi connectivity index (χ4n) is 7.39. The molecule has 2 bridgehead atoms. The van der Waals surface area contributed by atoms with Gasteiger partial charge in [-0.05, 0) is 93.8 Å². The van der Waals surface area contributed by atoms with E-state index in [0.717, 1.165) is 64.8 Å². The molecule has 2 aliphatic heterocycles. The van der Waals surface area contributed by atoms with Gasteiger partial charge in [0.05, 0.1) is 0 Å². The van der Waals surface area contributed by atoms with Crippen LogP contribution in [0.25, 0.3) is 0 Å². The second-order valence-electron chi connectivity index (χ2n) is 11.9. The summed E-state index contributed by atoms with van der Waals surface area (Å²) in [6.07, 6.45) is 9.78. The van der Waals surface area contributed by atoms with Gasteiger partial charge >= 0.3 is 0 Å². The van der Waals surface area contributed by atoms with Crippen molar-refractivity contribution in [1.29, 1.82) is 0 Å². The van der Waals surface area contributed by atoms with E-state index in [1.165, 1.54) is 30.4 Å². The molecule has 3 fully saturated rings. The van der Waals surface area contributed by atoms with Crippen molar-refractivity contribution in [3.63, 3.8) is 0 Å². The summed E-state index contributed by atoms with van der Waals surface area (Å²) < 4.78 is 0. The number of hydrogen-bond donors (Lipinski definition) is 2. The molecule has 5 rings (SSSR count). The number of aryl methyl sites for hydroxylation is 1. The van der Waals surface area contributed by atoms with E-state index in [-0.39, 0.29) is 17.4 Å². The van der Waals surface area contributed by atoms with Gasteiger partial charge in [0, 0.05) is 37.0 Å². The Morgan fingerprint density at radius 2 is 1.84 bits per heavy atom. The second kappa shape index (κ2) is 12.0. The van der Waals surface area contributed by atoms with Crippen LogP contribution in [0.5, 0.6) is 5.75 Å². The van der Waals surface area contributed by atoms with Crippen molar-refractivity contribution >= 4 is 5.91 Å². The molecule has 2 saturated heterocycles. The first kappa shape index (κ1) is 26.2. The van der Waals surface area contributed by atoms with Gasteiger partial charge in [-0.2, -0.15) is 0 Å². The van der Waals surface area contributed by atoms with Crippen LogP contribution in [0.15, 0.2) is 54.6 Å². The van der Waals surface area contributed by atoms with Crippen molar-refractivity contribution in [3.8, 4) is 5.75 Å². The maximum atomic E-state index is 13.1. The van der Waals surface area contributed by atoms with Crippen LogP contribution in [0, 0.1) is 5.92 Å². The highest BCUT2D eigenvalue weighted by Crippen LogP contribution is 2.50. The number of carbonyl (C=O) groups excluding carboxylic acids is 1. The summed E-state index contributed by atoms with van der Waals surface area (Å²) >= 11 is 0. The van der Waals surface area contributed by atoms with E-state index >= 15 is 0 Å². The number of benzene rings is 2. The first-order valence-corrected chi connectivity index (χ1v) is 14.6. The van der Waals surface area contributed by atoms with E-state index < -0.39 is 0 Å². The number of piperidine rings is 2. The van der Waals surface area contributed by atoms with Crippen molar-refractivity contribution in [3.05, 3.63) is 65.7 Å². The average molecular weight is 504 g/mol. The molecule has 2 heterocycles. The second-order valence-corrected chi connectivity index (χ2v) is 11.9. The van der Waals surface area contributed by atoms with Gasteiger partial charge in [-0.3, -0.25) is 9.69 Å². The molecule has 0 radical (unpaired) electrons. The lowest BCUT2D eigenvalue weighted by Gasteiger charge is -2.56. The van der Waals surface area contributed by atoms with E-state index in [2.05, 4.69) is 58.4 Å². The highest BCUT2D eigenvalue weighted by molar-refractivity contribution is 5.76. The Morgan fingerprint density at radius 3 is 2.62 bits per heavy atom. The summed E-state index contributed by atoms with van der Waals surface area (Å²) in [6, 6.07) is 19.3. The molecular weight excluding hydrogens is 458 g/mol. The van der Waals surface area contributed by atoms with Gasteiger partial charge < -0.3 is 15.3 Å². The average Bonchev–Trinajstić information content (AvgIpc) is 2.91. The molecule has 1 aliphatic carbocycles. The summed E-state index contributed by atoms with van der Waals surface area (Å²) in [5, 5.41) is 13.8. The Kier molecular flexibility index (Phi) is 8.51. The third kappa shape index (κ3) is 6.38. The van der Waals surface area contributed by atoms with Crippen LogP contribution in [0.2, 0.25) is 0 Å². The number of phenolic OH excluding ortho intramolecular Hbond substituents is 1. The van der Waals surface area contributed by atoms with Crippen LogP contribution in [0.3, 0.4) is 0 Å². The minimum absolute atomic E-state index is 0.0115. The van der Waals surface area contributed by atoms with Crippen LogP contribution in [0.1, 0.15) is 69.4 Å². The fraction of sp³-hybridized carbons (Fsp3) is 0.594. The van der Waals surface area contributed by atoms with Crippen LogP contribution >= 0.6 is 0 Å². The number of fused-ring (bicyclic) bond motifs is 2. The smallest absolute Gasteiger partial charge is 0.221 e. The van der Waals surface area contributed by atoms with E-state index in [9.17, 15) is 9.90 Å². The fourth-order valence-corrected chi connectivity index (χ4v) is 7.39. The van der Waals surface area contributed by atoms with E-state index in [1.54, 1.807) is 6.07 Å². The van der Waals surface area contributed by atoms with E-state index in [0.29, 0.717) is 24.1 Å². The minimum atomic E-state index is -0.0115. The van der Waals surface area contributed by atoms with Gasteiger partial charge in [0.1, 0.15) is 5.75 Å². The molecule has 0 aromatic heterocycles. The predicted molar refractivity (Wildman–Crippen MR) is 150 cm³/mol. The standard InChI is InChI=1S/C32H45N3O2/c1-25-24-35(18-9-12-26-10-4-2-5-11-26)29-21-28(33-31(37)15-19-34-16-6-3-7-17-34)22-32(25,23-29)27-13-8-14-30(36)20-27/h2,4-5,8,10-11,13-14,20,25,28-29,36H,3,6-7,9,12,15-19,21-24H2,1H3,(H,33,37)/t25-,28-,29+,32+/m1/s1. The third-order valence-electron chi connectivity index (χ3n) is 9.38. The zero-order chi connectivity index (χ0) is 25.7. The topological polar surface area (TPSA) is 55.8 Å². The number of nitrogens with zero attached hydrogens (tertiary/aromatic N) is 2. The van der Waals surface area contributed by atoms with Gasteiger partial charge in [0.25, 0.3) is 0 Å². The van der Waals surface area contributed by atoms with Crippen molar-refractivity contribution in [2.45, 2.75) is 82.2 Å². The van der Waals surface area contributed by atoms with Gasteiger partial charge in [0.2, 0.25) is 5.91 Å². The third-order valence-corrected chi connectivity index (χ3v) is 9.38. The molecule has 2 aromatic carbocycles. The number of rotatable bonds is 9. The Balaban J connectivity index is 1.27. The number of likely N-dealkylation sites (tertiary alicyclic amines) is 2. The first-order chi connectivity index (χ1) is 18.0. The highest BCUT2D eigenvalue weighted by atomic mass is 16.3. The quantitative estimate of drug-likeness (QED) is 0.498. The van der Waals surface area contributed by atoms with Crippen LogP contribution in [0.4, 0.5) is 0 Å². The van der Waals surface area contributed by atoms with E-state index in [4.69, 9.17) is 0 Å². The largest absolute Gasteiger partial charge is 0.508 e. The number of carbonyl (C=O) groups is 1. The van der Waals surface area contributed by atoms with Crippen molar-refractivity contribution in [1.82, 2.24) is 15.1 Å². The number of hydrogen-bond acceptors (Lipinski definition) is 4. The van der Waals surface area contributed by atoms with Crippen LogP contribution in [-0.2, 0) is 16.6 Å². The molecule has 1 amide bonds. The molecular formula is C32H45N3O2. The van der Waals surface area contributed by atoms with Crippen LogP contribution < -0.4 is 5.32 Å². The van der Waals surface area contributed by atoms with Gasteiger partial charge in [-0.25, -0.2) is 0 Å². The lowest BCUT2D eigenvalue weighted by molar-refractivity contribution is -0.123. The van der Waals surface area contributed by atoms with E-state index in [1.807, 2.05) is 12.1 Å². The summed E-state index contributed by atoms with van der Waals surface area (Å²) in [4.78, 5) is 18.2.